The van der Waals surface area contributed by atoms with E-state index in [4.69, 9.17) is 5.73 Å². The molecule has 0 aromatic carbocycles. The quantitative estimate of drug-likeness (QED) is 0.640. The zero-order valence-electron chi connectivity index (χ0n) is 7.47. The molecule has 3 N–H and O–H groups in total. The summed E-state index contributed by atoms with van der Waals surface area (Å²) in [5.74, 6) is 0.934. The van der Waals surface area contributed by atoms with Crippen LogP contribution in [-0.2, 0) is 0 Å². The normalized spacial score (nSPS) is 22.4. The molecular weight excluding hydrogens is 136 g/mol. The SMILES string of the molecule is CC(CN)NCC1CCCC1. The van der Waals surface area contributed by atoms with Crippen LogP contribution in [0.25, 0.3) is 0 Å². The van der Waals surface area contributed by atoms with E-state index in [2.05, 4.69) is 12.2 Å². The first kappa shape index (κ1) is 9.01. The van der Waals surface area contributed by atoms with Crippen LogP contribution in [0.3, 0.4) is 0 Å². The Labute approximate surface area is 69.5 Å². The number of hydrogen-bond acceptors (Lipinski definition) is 2. The molecule has 0 aliphatic heterocycles. The van der Waals surface area contributed by atoms with E-state index < -0.39 is 0 Å². The number of rotatable bonds is 4. The third kappa shape index (κ3) is 3.21. The second-order valence-corrected chi connectivity index (χ2v) is 3.70. The highest BCUT2D eigenvalue weighted by Gasteiger charge is 2.14. The monoisotopic (exact) mass is 156 g/mol. The second kappa shape index (κ2) is 4.73. The lowest BCUT2D eigenvalue weighted by Gasteiger charge is -2.14. The first-order chi connectivity index (χ1) is 5.33. The summed E-state index contributed by atoms with van der Waals surface area (Å²) in [5.41, 5.74) is 5.49. The van der Waals surface area contributed by atoms with E-state index in [1.54, 1.807) is 0 Å². The van der Waals surface area contributed by atoms with E-state index in [1.807, 2.05) is 0 Å². The minimum Gasteiger partial charge on any atom is -0.329 e. The third-order valence-corrected chi connectivity index (χ3v) is 2.58. The molecule has 1 saturated carbocycles. The molecule has 2 heteroatoms. The molecule has 1 fully saturated rings. The Morgan fingerprint density at radius 1 is 1.45 bits per heavy atom. The predicted octanol–water partition coefficient (Wildman–Crippen LogP) is 1.11. The van der Waals surface area contributed by atoms with E-state index in [0.29, 0.717) is 6.04 Å². The van der Waals surface area contributed by atoms with Gasteiger partial charge in [-0.2, -0.15) is 0 Å². The van der Waals surface area contributed by atoms with Gasteiger partial charge < -0.3 is 11.1 Å². The largest absolute Gasteiger partial charge is 0.329 e. The molecule has 0 heterocycles. The molecule has 0 saturated heterocycles. The molecule has 66 valence electrons. The van der Waals surface area contributed by atoms with Gasteiger partial charge in [0.25, 0.3) is 0 Å². The van der Waals surface area contributed by atoms with Gasteiger partial charge in [0, 0.05) is 12.6 Å². The van der Waals surface area contributed by atoms with Crippen molar-refractivity contribution in [1.29, 1.82) is 0 Å². The molecule has 1 rings (SSSR count). The Hall–Kier alpha value is -0.0800. The van der Waals surface area contributed by atoms with Gasteiger partial charge in [-0.25, -0.2) is 0 Å². The Kier molecular flexibility index (Phi) is 3.87. The minimum atomic E-state index is 0.496. The first-order valence-corrected chi connectivity index (χ1v) is 4.76. The van der Waals surface area contributed by atoms with Gasteiger partial charge in [-0.3, -0.25) is 0 Å². The lowest BCUT2D eigenvalue weighted by Crippen LogP contribution is -2.35. The molecule has 1 aliphatic rings. The van der Waals surface area contributed by atoms with Gasteiger partial charge in [0.1, 0.15) is 0 Å². The van der Waals surface area contributed by atoms with Crippen LogP contribution in [0, 0.1) is 5.92 Å². The fourth-order valence-electron chi connectivity index (χ4n) is 1.67. The predicted molar refractivity (Wildman–Crippen MR) is 48.5 cm³/mol. The molecule has 0 aromatic heterocycles. The fraction of sp³-hybridized carbons (Fsp3) is 1.00. The van der Waals surface area contributed by atoms with E-state index in [1.165, 1.54) is 32.2 Å². The molecule has 1 unspecified atom stereocenters. The van der Waals surface area contributed by atoms with E-state index in [9.17, 15) is 0 Å². The maximum Gasteiger partial charge on any atom is 0.0162 e. The van der Waals surface area contributed by atoms with Gasteiger partial charge in [-0.05, 0) is 32.2 Å². The minimum absolute atomic E-state index is 0.496. The summed E-state index contributed by atoms with van der Waals surface area (Å²) in [7, 11) is 0. The average molecular weight is 156 g/mol. The Morgan fingerprint density at radius 2 is 2.09 bits per heavy atom. The summed E-state index contributed by atoms with van der Waals surface area (Å²) in [4.78, 5) is 0. The van der Waals surface area contributed by atoms with E-state index in [-0.39, 0.29) is 0 Å². The zero-order chi connectivity index (χ0) is 8.10. The first-order valence-electron chi connectivity index (χ1n) is 4.76. The van der Waals surface area contributed by atoms with Crippen LogP contribution in [0.15, 0.2) is 0 Å². The highest BCUT2D eigenvalue weighted by molar-refractivity contribution is 4.71. The van der Waals surface area contributed by atoms with Crippen LogP contribution in [0.4, 0.5) is 0 Å². The third-order valence-electron chi connectivity index (χ3n) is 2.58. The Bertz CT molecular complexity index is 97.7. The smallest absolute Gasteiger partial charge is 0.0162 e. The maximum absolute atomic E-state index is 5.49. The molecule has 1 atom stereocenters. The number of nitrogens with one attached hydrogen (secondary N) is 1. The van der Waals surface area contributed by atoms with Crippen molar-refractivity contribution in [2.45, 2.75) is 38.6 Å². The fourth-order valence-corrected chi connectivity index (χ4v) is 1.67. The van der Waals surface area contributed by atoms with Crippen molar-refractivity contribution in [3.8, 4) is 0 Å². The van der Waals surface area contributed by atoms with Gasteiger partial charge in [-0.15, -0.1) is 0 Å². The number of hydrogen-bond donors (Lipinski definition) is 2. The van der Waals surface area contributed by atoms with Gasteiger partial charge in [0.15, 0.2) is 0 Å². The van der Waals surface area contributed by atoms with Gasteiger partial charge in [-0.1, -0.05) is 12.8 Å². The number of nitrogens with two attached hydrogens (primary N) is 1. The van der Waals surface area contributed by atoms with Crippen molar-refractivity contribution in [3.05, 3.63) is 0 Å². The maximum atomic E-state index is 5.49. The summed E-state index contributed by atoms with van der Waals surface area (Å²) < 4.78 is 0. The average Bonchev–Trinajstić information content (AvgIpc) is 2.52. The topological polar surface area (TPSA) is 38.0 Å². The van der Waals surface area contributed by atoms with Crippen molar-refractivity contribution >= 4 is 0 Å². The molecule has 0 spiro atoms. The van der Waals surface area contributed by atoms with Crippen LogP contribution >= 0.6 is 0 Å². The molecule has 0 radical (unpaired) electrons. The molecule has 0 amide bonds. The highest BCUT2D eigenvalue weighted by atomic mass is 14.9. The Balaban J connectivity index is 2.01. The standard InChI is InChI=1S/C9H20N2/c1-8(6-10)11-7-9-4-2-3-5-9/h8-9,11H,2-7,10H2,1H3. The molecule has 2 nitrogen and oxygen atoms in total. The molecule has 0 aromatic rings. The van der Waals surface area contributed by atoms with Crippen molar-refractivity contribution in [2.75, 3.05) is 13.1 Å². The van der Waals surface area contributed by atoms with E-state index in [0.717, 1.165) is 12.5 Å². The second-order valence-electron chi connectivity index (χ2n) is 3.70. The van der Waals surface area contributed by atoms with Crippen molar-refractivity contribution in [2.24, 2.45) is 11.7 Å². The van der Waals surface area contributed by atoms with Crippen LogP contribution in [-0.4, -0.2) is 19.1 Å². The lowest BCUT2D eigenvalue weighted by molar-refractivity contribution is 0.449. The van der Waals surface area contributed by atoms with Crippen LogP contribution in [0.5, 0.6) is 0 Å². The summed E-state index contributed by atoms with van der Waals surface area (Å²) in [5, 5.41) is 3.45. The van der Waals surface area contributed by atoms with Crippen molar-refractivity contribution < 1.29 is 0 Å². The zero-order valence-corrected chi connectivity index (χ0v) is 7.47. The lowest BCUT2D eigenvalue weighted by atomic mass is 10.1. The molecule has 0 bridgehead atoms. The van der Waals surface area contributed by atoms with Crippen molar-refractivity contribution in [1.82, 2.24) is 5.32 Å². The van der Waals surface area contributed by atoms with Gasteiger partial charge in [0.2, 0.25) is 0 Å². The van der Waals surface area contributed by atoms with Gasteiger partial charge in [0.05, 0.1) is 0 Å². The summed E-state index contributed by atoms with van der Waals surface area (Å²) in [6, 6.07) is 0.496. The van der Waals surface area contributed by atoms with Crippen molar-refractivity contribution in [3.63, 3.8) is 0 Å². The summed E-state index contributed by atoms with van der Waals surface area (Å²) in [6.45, 7) is 4.08. The molecule has 11 heavy (non-hydrogen) atoms. The van der Waals surface area contributed by atoms with Crippen LogP contribution in [0.2, 0.25) is 0 Å². The van der Waals surface area contributed by atoms with Crippen LogP contribution < -0.4 is 11.1 Å². The molecular formula is C9H20N2. The molecule has 1 aliphatic carbocycles. The van der Waals surface area contributed by atoms with Crippen LogP contribution in [0.1, 0.15) is 32.6 Å². The van der Waals surface area contributed by atoms with E-state index >= 15 is 0 Å². The highest BCUT2D eigenvalue weighted by Crippen LogP contribution is 2.23. The summed E-state index contributed by atoms with van der Waals surface area (Å²) >= 11 is 0. The van der Waals surface area contributed by atoms with Gasteiger partial charge >= 0.3 is 0 Å². The Morgan fingerprint density at radius 3 is 2.64 bits per heavy atom. The summed E-state index contributed by atoms with van der Waals surface area (Å²) in [6.07, 6.45) is 5.71.